The van der Waals surface area contributed by atoms with Crippen LogP contribution >= 0.6 is 12.2 Å². The molecule has 0 radical (unpaired) electrons. The summed E-state index contributed by atoms with van der Waals surface area (Å²) in [6, 6.07) is 5.35. The van der Waals surface area contributed by atoms with Gasteiger partial charge in [-0.05, 0) is 99.0 Å². The molecule has 6 rings (SSSR count). The summed E-state index contributed by atoms with van der Waals surface area (Å²) in [4.78, 5) is 28.9. The first-order valence-electron chi connectivity index (χ1n) is 11.1. The number of hydrogen-bond acceptors (Lipinski definition) is 3. The maximum Gasteiger partial charge on any atom is 0.262 e. The lowest BCUT2D eigenvalue weighted by molar-refractivity contribution is -0.0688. The predicted molar refractivity (Wildman–Crippen MR) is 121 cm³/mol. The number of nitrogens with one attached hydrogen (secondary N) is 2. The van der Waals surface area contributed by atoms with Gasteiger partial charge in [-0.2, -0.15) is 0 Å². The minimum absolute atomic E-state index is 0.0743. The molecule has 1 aromatic carbocycles. The maximum absolute atomic E-state index is 13.1. The molecule has 1 atom stereocenters. The lowest BCUT2D eigenvalue weighted by Gasteiger charge is -2.59. The van der Waals surface area contributed by atoms with Gasteiger partial charge in [-0.3, -0.25) is 14.2 Å². The van der Waals surface area contributed by atoms with E-state index in [9.17, 15) is 9.59 Å². The maximum atomic E-state index is 13.1. The molecule has 5 nitrogen and oxygen atoms in total. The van der Waals surface area contributed by atoms with Crippen molar-refractivity contribution in [1.29, 1.82) is 0 Å². The number of nitrogens with zero attached hydrogens (tertiary/aromatic N) is 1. The van der Waals surface area contributed by atoms with Crippen LogP contribution in [0.3, 0.4) is 0 Å². The van der Waals surface area contributed by atoms with E-state index in [4.69, 9.17) is 12.2 Å². The van der Waals surface area contributed by atoms with E-state index < -0.39 is 0 Å². The molecule has 1 amide bonds. The Balaban J connectivity index is 1.40. The van der Waals surface area contributed by atoms with Crippen molar-refractivity contribution in [3.8, 4) is 0 Å². The molecule has 1 unspecified atom stereocenters. The molecule has 1 aromatic heterocycles. The lowest BCUT2D eigenvalue weighted by Crippen LogP contribution is -2.55. The van der Waals surface area contributed by atoms with Gasteiger partial charge < -0.3 is 10.3 Å². The van der Waals surface area contributed by atoms with E-state index in [1.54, 1.807) is 24.3 Å². The third-order valence-electron chi connectivity index (χ3n) is 7.91. The summed E-state index contributed by atoms with van der Waals surface area (Å²) in [6.45, 7) is 6.22. The summed E-state index contributed by atoms with van der Waals surface area (Å²) >= 11 is 5.32. The second kappa shape index (κ2) is 7.19. The topological polar surface area (TPSA) is 66.9 Å². The zero-order valence-electron chi connectivity index (χ0n) is 17.4. The fraction of sp³-hybridized carbons (Fsp3) is 0.542. The van der Waals surface area contributed by atoms with Gasteiger partial charge in [0.1, 0.15) is 0 Å². The van der Waals surface area contributed by atoms with Crippen LogP contribution in [0.25, 0.3) is 10.9 Å². The Hall–Kier alpha value is -2.21. The molecule has 4 saturated carbocycles. The highest BCUT2D eigenvalue weighted by molar-refractivity contribution is 7.71. The summed E-state index contributed by atoms with van der Waals surface area (Å²) in [7, 11) is 0. The zero-order valence-corrected chi connectivity index (χ0v) is 18.3. The van der Waals surface area contributed by atoms with E-state index in [1.165, 1.54) is 43.1 Å². The summed E-state index contributed by atoms with van der Waals surface area (Å²) in [6.07, 6.45) is 9.61. The van der Waals surface area contributed by atoms with Crippen molar-refractivity contribution >= 4 is 29.0 Å². The number of benzene rings is 1. The van der Waals surface area contributed by atoms with Crippen LogP contribution in [0.4, 0.5) is 0 Å². The fourth-order valence-electron chi connectivity index (χ4n) is 6.83. The SMILES string of the molecule is C=CCn1c(=S)[nH]c2cc(C(=O)NC(C)C34CC5CC(CC(C5)C3)C4)ccc2c1=O. The van der Waals surface area contributed by atoms with Gasteiger partial charge in [-0.15, -0.1) is 6.58 Å². The van der Waals surface area contributed by atoms with Crippen molar-refractivity contribution in [1.82, 2.24) is 14.9 Å². The van der Waals surface area contributed by atoms with Crippen molar-refractivity contribution < 1.29 is 4.79 Å². The lowest BCUT2D eigenvalue weighted by atomic mass is 9.48. The number of carbonyl (C=O) groups is 1. The van der Waals surface area contributed by atoms with Gasteiger partial charge in [0.05, 0.1) is 10.9 Å². The van der Waals surface area contributed by atoms with E-state index in [0.29, 0.717) is 27.8 Å². The fourth-order valence-corrected chi connectivity index (χ4v) is 7.10. The van der Waals surface area contributed by atoms with Gasteiger partial charge >= 0.3 is 0 Å². The van der Waals surface area contributed by atoms with Crippen molar-refractivity contribution in [2.24, 2.45) is 23.2 Å². The Morgan fingerprint density at radius 1 is 1.30 bits per heavy atom. The van der Waals surface area contributed by atoms with Gasteiger partial charge in [-0.25, -0.2) is 0 Å². The van der Waals surface area contributed by atoms with Gasteiger partial charge in [0, 0.05) is 18.2 Å². The Kier molecular flexibility index (Phi) is 4.73. The van der Waals surface area contributed by atoms with E-state index >= 15 is 0 Å². The molecule has 6 heteroatoms. The van der Waals surface area contributed by atoms with Crippen molar-refractivity contribution in [3.05, 3.63) is 51.5 Å². The van der Waals surface area contributed by atoms with Crippen LogP contribution in [-0.2, 0) is 6.54 Å². The number of rotatable bonds is 5. The normalized spacial score (nSPS) is 30.4. The van der Waals surface area contributed by atoms with Crippen LogP contribution in [0.1, 0.15) is 55.8 Å². The minimum Gasteiger partial charge on any atom is -0.349 e. The first-order valence-corrected chi connectivity index (χ1v) is 11.5. The molecule has 1 heterocycles. The smallest absolute Gasteiger partial charge is 0.262 e. The third kappa shape index (κ3) is 3.16. The molecule has 0 aliphatic heterocycles. The van der Waals surface area contributed by atoms with Gasteiger partial charge in [0.2, 0.25) is 0 Å². The molecule has 4 aliphatic rings. The van der Waals surface area contributed by atoms with Crippen molar-refractivity contribution in [3.63, 3.8) is 0 Å². The van der Waals surface area contributed by atoms with Gasteiger partial charge in [-0.1, -0.05) is 6.08 Å². The predicted octanol–water partition coefficient (Wildman–Crippen LogP) is 4.58. The number of fused-ring (bicyclic) bond motifs is 1. The zero-order chi connectivity index (χ0) is 21.0. The monoisotopic (exact) mass is 423 g/mol. The molecular weight excluding hydrogens is 394 g/mol. The van der Waals surface area contributed by atoms with Crippen LogP contribution in [0.5, 0.6) is 0 Å². The molecule has 4 fully saturated rings. The Bertz CT molecular complexity index is 1110. The van der Waals surface area contributed by atoms with Crippen LogP contribution in [0.2, 0.25) is 0 Å². The number of H-pyrrole nitrogens is 1. The number of aromatic nitrogens is 2. The van der Waals surface area contributed by atoms with Gasteiger partial charge in [0.15, 0.2) is 4.77 Å². The molecule has 4 bridgehead atoms. The molecule has 0 saturated heterocycles. The quantitative estimate of drug-likeness (QED) is 0.546. The molecule has 4 aliphatic carbocycles. The van der Waals surface area contributed by atoms with Crippen molar-refractivity contribution in [2.75, 3.05) is 0 Å². The highest BCUT2D eigenvalue weighted by atomic mass is 32.1. The molecule has 30 heavy (non-hydrogen) atoms. The van der Waals surface area contributed by atoms with E-state index in [1.807, 2.05) is 0 Å². The molecular formula is C24H29N3O2S. The molecule has 2 aromatic rings. The average Bonchev–Trinajstić information content (AvgIpc) is 2.69. The standard InChI is InChI=1S/C24H29N3O2S/c1-3-6-27-22(29)19-5-4-18(10-20(19)26-23(27)30)21(28)25-14(2)24-11-15-7-16(12-24)9-17(8-15)13-24/h3-5,10,14-17H,1,6-9,11-13H2,2H3,(H,25,28)(H,26,30). The van der Waals surface area contributed by atoms with Gasteiger partial charge in [0.25, 0.3) is 11.5 Å². The highest BCUT2D eigenvalue weighted by Gasteiger charge is 2.53. The second-order valence-corrected chi connectivity index (χ2v) is 10.3. The van der Waals surface area contributed by atoms with E-state index in [-0.39, 0.29) is 22.9 Å². The largest absolute Gasteiger partial charge is 0.349 e. The number of allylic oxidation sites excluding steroid dienone is 1. The van der Waals surface area contributed by atoms with Crippen LogP contribution in [-0.4, -0.2) is 21.5 Å². The number of hydrogen-bond donors (Lipinski definition) is 2. The van der Waals surface area contributed by atoms with E-state index in [2.05, 4.69) is 23.8 Å². The Morgan fingerprint density at radius 3 is 2.53 bits per heavy atom. The first kappa shape index (κ1) is 19.7. The third-order valence-corrected chi connectivity index (χ3v) is 8.23. The summed E-state index contributed by atoms with van der Waals surface area (Å²) in [5.41, 5.74) is 1.26. The van der Waals surface area contributed by atoms with Crippen molar-refractivity contribution in [2.45, 2.75) is 58.0 Å². The summed E-state index contributed by atoms with van der Waals surface area (Å²) in [5, 5.41) is 3.83. The first-order chi connectivity index (χ1) is 14.4. The Labute approximate surface area is 181 Å². The van der Waals surface area contributed by atoms with E-state index in [0.717, 1.165) is 17.8 Å². The summed E-state index contributed by atoms with van der Waals surface area (Å²) < 4.78 is 1.81. The Morgan fingerprint density at radius 2 is 1.93 bits per heavy atom. The minimum atomic E-state index is -0.164. The second-order valence-electron chi connectivity index (χ2n) is 9.87. The molecule has 0 spiro atoms. The number of carbonyl (C=O) groups excluding carboxylic acids is 1. The molecule has 158 valence electrons. The van der Waals surface area contributed by atoms with Crippen LogP contribution in [0.15, 0.2) is 35.6 Å². The average molecular weight is 424 g/mol. The highest BCUT2D eigenvalue weighted by Crippen LogP contribution is 2.61. The van der Waals surface area contributed by atoms with Crippen LogP contribution < -0.4 is 10.9 Å². The molecule has 2 N–H and O–H groups in total. The number of aromatic amines is 1. The summed E-state index contributed by atoms with van der Waals surface area (Å²) in [5.74, 6) is 2.49. The van der Waals surface area contributed by atoms with Crippen LogP contribution in [0, 0.1) is 27.9 Å². The number of amides is 1.